The number of anilines is 1. The quantitative estimate of drug-likeness (QED) is 0.560. The van der Waals surface area contributed by atoms with Gasteiger partial charge in [0.15, 0.2) is 0 Å². The lowest BCUT2D eigenvalue weighted by Crippen LogP contribution is -2.72. The van der Waals surface area contributed by atoms with Crippen LogP contribution in [0.25, 0.3) is 0 Å². The fraction of sp³-hybridized carbons (Fsp3) is 0.353. The molecule has 0 bridgehead atoms. The zero-order chi connectivity index (χ0) is 21.4. The van der Waals surface area contributed by atoms with Gasteiger partial charge in [-0.2, -0.15) is 31.6 Å². The van der Waals surface area contributed by atoms with E-state index >= 15 is 0 Å². The molecule has 1 aliphatic rings. The number of aryl methyl sites for hydroxylation is 1. The zero-order valence-electron chi connectivity index (χ0n) is 14.4. The van der Waals surface area contributed by atoms with Gasteiger partial charge in [0.1, 0.15) is 11.1 Å². The summed E-state index contributed by atoms with van der Waals surface area (Å²) in [5.74, 6) is -1.62. The van der Waals surface area contributed by atoms with E-state index in [2.05, 4.69) is 4.98 Å². The van der Waals surface area contributed by atoms with Crippen molar-refractivity contribution < 1.29 is 31.1 Å². The van der Waals surface area contributed by atoms with E-state index in [1.165, 1.54) is 17.6 Å². The molecule has 1 aliphatic carbocycles. The number of pyridine rings is 1. The van der Waals surface area contributed by atoms with Crippen molar-refractivity contribution in [3.63, 3.8) is 0 Å². The molecule has 0 saturated heterocycles. The van der Waals surface area contributed by atoms with Crippen LogP contribution in [0.15, 0.2) is 24.5 Å². The van der Waals surface area contributed by atoms with Gasteiger partial charge >= 0.3 is 18.0 Å². The van der Waals surface area contributed by atoms with Gasteiger partial charge < -0.3 is 10.6 Å². The maximum absolute atomic E-state index is 13.8. The molecule has 2 heterocycles. The van der Waals surface area contributed by atoms with E-state index in [9.17, 15) is 36.4 Å². The molecule has 5 nitrogen and oxygen atoms in total. The predicted octanol–water partition coefficient (Wildman–Crippen LogP) is 4.17. The van der Waals surface area contributed by atoms with Crippen LogP contribution in [0, 0.1) is 11.3 Å². The third-order valence-electron chi connectivity index (χ3n) is 4.41. The minimum Gasteiger partial charge on any atom is -0.338 e. The maximum atomic E-state index is 13.8. The average molecular weight is 434 g/mol. The number of halogens is 6. The van der Waals surface area contributed by atoms with Crippen LogP contribution in [-0.2, 0) is 12.8 Å². The van der Waals surface area contributed by atoms with Gasteiger partial charge in [0.2, 0.25) is 0 Å². The first-order valence-corrected chi connectivity index (χ1v) is 9.00. The van der Waals surface area contributed by atoms with Crippen molar-refractivity contribution in [1.82, 2.24) is 10.3 Å². The van der Waals surface area contributed by atoms with E-state index in [0.29, 0.717) is 41.0 Å². The van der Waals surface area contributed by atoms with E-state index in [1.54, 1.807) is 6.07 Å². The van der Waals surface area contributed by atoms with E-state index < -0.39 is 34.5 Å². The fourth-order valence-electron chi connectivity index (χ4n) is 3.00. The largest absolute Gasteiger partial charge is 0.439 e. The number of thiophene rings is 1. The number of hydrogen-bond acceptors (Lipinski definition) is 5. The molecule has 12 heteroatoms. The highest BCUT2D eigenvalue weighted by Gasteiger charge is 2.73. The number of nitrogens with zero attached hydrogens (tertiary/aromatic N) is 2. The summed E-state index contributed by atoms with van der Waals surface area (Å²) >= 11 is 0.658. The molecule has 0 fully saturated rings. The van der Waals surface area contributed by atoms with Gasteiger partial charge in [-0.15, -0.1) is 11.3 Å². The fourth-order valence-corrected chi connectivity index (χ4v) is 4.29. The number of alkyl halides is 6. The Morgan fingerprint density at radius 2 is 1.86 bits per heavy atom. The van der Waals surface area contributed by atoms with Crippen molar-refractivity contribution in [2.75, 3.05) is 5.32 Å². The summed E-state index contributed by atoms with van der Waals surface area (Å²) < 4.78 is 82.7. The highest BCUT2D eigenvalue weighted by Crippen LogP contribution is 2.47. The van der Waals surface area contributed by atoms with Crippen LogP contribution >= 0.6 is 11.3 Å². The Bertz CT molecular complexity index is 947. The second kappa shape index (κ2) is 7.22. The molecule has 0 spiro atoms. The molecule has 2 aromatic heterocycles. The summed E-state index contributed by atoms with van der Waals surface area (Å²) in [6.45, 7) is 0. The molecule has 0 aromatic carbocycles. The first-order chi connectivity index (χ1) is 13.5. The van der Waals surface area contributed by atoms with E-state index in [0.717, 1.165) is 17.6 Å². The van der Waals surface area contributed by atoms with Crippen molar-refractivity contribution in [2.45, 2.75) is 37.3 Å². The Balaban J connectivity index is 2.09. The number of nitriles is 1. The number of rotatable bonds is 4. The standard InChI is InChI=1S/C17H12F6N4OS/c18-16(19,20)15(17(21,22)23,26-13(28)9-3-2-6-25-8-9)27-14-11(7-24)10-4-1-5-12(10)29-14/h2-3,6,8,27H,1,4-5H2,(H,26,28). The van der Waals surface area contributed by atoms with Crippen LogP contribution in [0.5, 0.6) is 0 Å². The number of aromatic nitrogens is 1. The number of nitrogens with one attached hydrogen (secondary N) is 2. The monoisotopic (exact) mass is 434 g/mol. The summed E-state index contributed by atoms with van der Waals surface area (Å²) in [4.78, 5) is 16.3. The lowest BCUT2D eigenvalue weighted by atomic mass is 10.1. The van der Waals surface area contributed by atoms with Crippen LogP contribution < -0.4 is 10.6 Å². The molecule has 154 valence electrons. The molecular formula is C17H12F6N4OS. The Hall–Kier alpha value is -2.81. The smallest absolute Gasteiger partial charge is 0.338 e. The number of hydrogen-bond donors (Lipinski definition) is 2. The maximum Gasteiger partial charge on any atom is 0.439 e. The molecule has 29 heavy (non-hydrogen) atoms. The van der Waals surface area contributed by atoms with Gasteiger partial charge in [-0.3, -0.25) is 9.78 Å². The highest BCUT2D eigenvalue weighted by molar-refractivity contribution is 7.16. The molecule has 0 atom stereocenters. The summed E-state index contributed by atoms with van der Waals surface area (Å²) in [7, 11) is 0. The third-order valence-corrected chi connectivity index (χ3v) is 5.62. The van der Waals surface area contributed by atoms with Crippen molar-refractivity contribution in [3.05, 3.63) is 46.1 Å². The molecule has 0 unspecified atom stereocenters. The Morgan fingerprint density at radius 3 is 2.41 bits per heavy atom. The van der Waals surface area contributed by atoms with Crippen LogP contribution in [0.3, 0.4) is 0 Å². The first-order valence-electron chi connectivity index (χ1n) is 8.19. The normalized spacial score (nSPS) is 14.2. The molecular weight excluding hydrogens is 422 g/mol. The number of fused-ring (bicyclic) bond motifs is 1. The third kappa shape index (κ3) is 3.62. The van der Waals surface area contributed by atoms with E-state index in [1.807, 2.05) is 0 Å². The summed E-state index contributed by atoms with van der Waals surface area (Å²) in [6, 6.07) is 3.90. The molecule has 0 radical (unpaired) electrons. The van der Waals surface area contributed by atoms with Crippen LogP contribution in [0.4, 0.5) is 31.3 Å². The van der Waals surface area contributed by atoms with Crippen LogP contribution in [0.2, 0.25) is 0 Å². The Kier molecular flexibility index (Phi) is 5.20. The minimum absolute atomic E-state index is 0.268. The van der Waals surface area contributed by atoms with Gasteiger partial charge in [-0.1, -0.05) is 0 Å². The van der Waals surface area contributed by atoms with Crippen molar-refractivity contribution in [3.8, 4) is 6.07 Å². The summed E-state index contributed by atoms with van der Waals surface area (Å²) in [5.41, 5.74) is -5.11. The molecule has 0 aliphatic heterocycles. The topological polar surface area (TPSA) is 77.8 Å². The van der Waals surface area contributed by atoms with Gasteiger partial charge in [-0.25, -0.2) is 0 Å². The number of carbonyl (C=O) groups is 1. The lowest BCUT2D eigenvalue weighted by Gasteiger charge is -2.38. The van der Waals surface area contributed by atoms with Crippen LogP contribution in [-0.4, -0.2) is 28.9 Å². The molecule has 3 rings (SSSR count). The molecule has 0 saturated carbocycles. The van der Waals surface area contributed by atoms with Gasteiger partial charge in [0.05, 0.1) is 11.1 Å². The van der Waals surface area contributed by atoms with Crippen molar-refractivity contribution in [1.29, 1.82) is 5.26 Å². The van der Waals surface area contributed by atoms with Crippen molar-refractivity contribution >= 4 is 22.2 Å². The Labute approximate surface area is 164 Å². The van der Waals surface area contributed by atoms with Gasteiger partial charge in [-0.05, 0) is 37.0 Å². The van der Waals surface area contributed by atoms with Crippen LogP contribution in [0.1, 0.15) is 32.8 Å². The van der Waals surface area contributed by atoms with E-state index in [4.69, 9.17) is 0 Å². The highest BCUT2D eigenvalue weighted by atomic mass is 32.1. The number of carbonyl (C=O) groups excluding carboxylic acids is 1. The molecule has 2 N–H and O–H groups in total. The number of amides is 1. The van der Waals surface area contributed by atoms with Crippen molar-refractivity contribution in [2.24, 2.45) is 0 Å². The first kappa shape index (κ1) is 20.9. The molecule has 2 aromatic rings. The minimum atomic E-state index is -5.97. The SMILES string of the molecule is N#Cc1c(NC(NC(=O)c2cccnc2)(C(F)(F)F)C(F)(F)F)sc2c1CCC2. The average Bonchev–Trinajstić information content (AvgIpc) is 3.20. The van der Waals surface area contributed by atoms with Gasteiger partial charge in [0, 0.05) is 17.3 Å². The summed E-state index contributed by atoms with van der Waals surface area (Å²) in [6.07, 6.45) is -8.37. The second-order valence-electron chi connectivity index (χ2n) is 6.24. The molecule has 1 amide bonds. The zero-order valence-corrected chi connectivity index (χ0v) is 15.2. The Morgan fingerprint density at radius 1 is 1.17 bits per heavy atom. The summed E-state index contributed by atoms with van der Waals surface area (Å²) in [5, 5.41) is 11.2. The second-order valence-corrected chi connectivity index (χ2v) is 7.34. The lowest BCUT2D eigenvalue weighted by molar-refractivity contribution is -0.293. The van der Waals surface area contributed by atoms with Gasteiger partial charge in [0.25, 0.3) is 5.91 Å². The van der Waals surface area contributed by atoms with E-state index in [-0.39, 0.29) is 5.56 Å². The predicted molar refractivity (Wildman–Crippen MR) is 91.2 cm³/mol.